The van der Waals surface area contributed by atoms with Crippen molar-refractivity contribution in [3.63, 3.8) is 0 Å². The van der Waals surface area contributed by atoms with Gasteiger partial charge < -0.3 is 14.5 Å². The fourth-order valence-corrected chi connectivity index (χ4v) is 3.45. The number of ether oxygens (including phenoxy) is 1. The van der Waals surface area contributed by atoms with Gasteiger partial charge in [-0.05, 0) is 32.8 Å². The minimum absolute atomic E-state index is 0.00506. The molecular formula is C18H24FN3O5S. The van der Waals surface area contributed by atoms with Crippen LogP contribution in [0.3, 0.4) is 0 Å². The first kappa shape index (κ1) is 21.8. The van der Waals surface area contributed by atoms with E-state index in [1.54, 1.807) is 34.6 Å². The molecular weight excluding hydrogens is 389 g/mol. The maximum absolute atomic E-state index is 13.8. The molecule has 0 fully saturated rings. The second-order valence-corrected chi connectivity index (χ2v) is 9.49. The maximum Gasteiger partial charge on any atom is 0.408 e. The molecule has 0 aliphatic carbocycles. The third-order valence-electron chi connectivity index (χ3n) is 3.60. The van der Waals surface area contributed by atoms with Crippen LogP contribution >= 0.6 is 0 Å². The normalized spacial score (nSPS) is 13.4. The predicted molar refractivity (Wildman–Crippen MR) is 98.5 cm³/mol. The number of amides is 1. The molecule has 0 aliphatic heterocycles. The number of hydrogen-bond acceptors (Lipinski definition) is 7. The van der Waals surface area contributed by atoms with Crippen LogP contribution in [0, 0.1) is 11.7 Å². The third kappa shape index (κ3) is 5.75. The van der Waals surface area contributed by atoms with Gasteiger partial charge in [-0.1, -0.05) is 37.1 Å². The Balaban J connectivity index is 2.22. The van der Waals surface area contributed by atoms with Gasteiger partial charge in [0.15, 0.2) is 0 Å². The molecule has 154 valence electrons. The molecule has 2 rings (SSSR count). The van der Waals surface area contributed by atoms with Gasteiger partial charge in [0.25, 0.3) is 0 Å². The Morgan fingerprint density at radius 1 is 1.25 bits per heavy atom. The summed E-state index contributed by atoms with van der Waals surface area (Å²) in [5, 5.41) is 9.30. The molecule has 0 aliphatic rings. The average molecular weight is 413 g/mol. The Kier molecular flexibility index (Phi) is 6.43. The Bertz CT molecular complexity index is 935. The molecule has 1 amide bonds. The van der Waals surface area contributed by atoms with Crippen molar-refractivity contribution in [3.8, 4) is 0 Å². The van der Waals surface area contributed by atoms with Gasteiger partial charge in [0.1, 0.15) is 17.5 Å². The summed E-state index contributed by atoms with van der Waals surface area (Å²) in [7, 11) is -4.06. The first-order valence-electron chi connectivity index (χ1n) is 8.68. The third-order valence-corrected chi connectivity index (χ3v) is 4.98. The number of sulfone groups is 1. The van der Waals surface area contributed by atoms with Gasteiger partial charge in [-0.15, -0.1) is 5.10 Å². The van der Waals surface area contributed by atoms with Crippen molar-refractivity contribution in [2.24, 2.45) is 5.92 Å². The molecule has 0 radical (unpaired) electrons. The van der Waals surface area contributed by atoms with Gasteiger partial charge in [-0.3, -0.25) is 0 Å². The molecule has 28 heavy (non-hydrogen) atoms. The van der Waals surface area contributed by atoms with Crippen LogP contribution in [-0.4, -0.2) is 30.3 Å². The van der Waals surface area contributed by atoms with Crippen LogP contribution in [-0.2, 0) is 20.3 Å². The summed E-state index contributed by atoms with van der Waals surface area (Å²) < 4.78 is 49.3. The van der Waals surface area contributed by atoms with E-state index in [4.69, 9.17) is 9.15 Å². The molecule has 1 aromatic carbocycles. The van der Waals surface area contributed by atoms with Gasteiger partial charge in [-0.2, -0.15) is 0 Å². The molecule has 0 bridgehead atoms. The van der Waals surface area contributed by atoms with Crippen LogP contribution < -0.4 is 5.32 Å². The smallest absolute Gasteiger partial charge is 0.408 e. The van der Waals surface area contributed by atoms with Crippen molar-refractivity contribution < 1.29 is 26.8 Å². The second kappa shape index (κ2) is 8.26. The quantitative estimate of drug-likeness (QED) is 0.772. The Labute approximate surface area is 163 Å². The summed E-state index contributed by atoms with van der Waals surface area (Å²) >= 11 is 0. The number of aromatic nitrogens is 2. The van der Waals surface area contributed by atoms with Crippen molar-refractivity contribution in [1.29, 1.82) is 0 Å². The van der Waals surface area contributed by atoms with E-state index >= 15 is 0 Å². The molecule has 1 aromatic heterocycles. The Morgan fingerprint density at radius 2 is 1.89 bits per heavy atom. The van der Waals surface area contributed by atoms with E-state index in [1.807, 2.05) is 0 Å². The van der Waals surface area contributed by atoms with Crippen LogP contribution in [0.15, 0.2) is 33.9 Å². The molecule has 8 nitrogen and oxygen atoms in total. The monoisotopic (exact) mass is 413 g/mol. The second-order valence-electron chi connectivity index (χ2n) is 7.62. The molecule has 2 aromatic rings. The van der Waals surface area contributed by atoms with Gasteiger partial charge in [0, 0.05) is 5.56 Å². The van der Waals surface area contributed by atoms with E-state index in [9.17, 15) is 17.6 Å². The van der Waals surface area contributed by atoms with E-state index in [-0.39, 0.29) is 17.4 Å². The lowest BCUT2D eigenvalue weighted by Gasteiger charge is -2.23. The fraction of sp³-hybridized carbons (Fsp3) is 0.500. The fourth-order valence-electron chi connectivity index (χ4n) is 2.30. The van der Waals surface area contributed by atoms with Crippen molar-refractivity contribution in [1.82, 2.24) is 15.5 Å². The highest BCUT2D eigenvalue weighted by Crippen LogP contribution is 2.24. The predicted octanol–water partition coefficient (Wildman–Crippen LogP) is 3.40. The summed E-state index contributed by atoms with van der Waals surface area (Å²) in [6, 6.07) is 4.78. The number of alkyl carbamates (subject to hydrolysis) is 1. The van der Waals surface area contributed by atoms with Gasteiger partial charge in [-0.25, -0.2) is 17.6 Å². The number of nitrogens with one attached hydrogen (secondary N) is 1. The highest BCUT2D eigenvalue weighted by Gasteiger charge is 2.30. The van der Waals surface area contributed by atoms with Crippen LogP contribution in [0.1, 0.15) is 52.1 Å². The molecule has 1 heterocycles. The van der Waals surface area contributed by atoms with E-state index in [2.05, 4.69) is 15.5 Å². The number of halogens is 1. The first-order valence-corrected chi connectivity index (χ1v) is 10.3. The number of rotatable bonds is 6. The van der Waals surface area contributed by atoms with Gasteiger partial charge in [0.05, 0.1) is 5.75 Å². The molecule has 1 unspecified atom stereocenters. The summed E-state index contributed by atoms with van der Waals surface area (Å²) in [5.74, 6) is -1.52. The van der Waals surface area contributed by atoms with Crippen molar-refractivity contribution >= 4 is 15.9 Å². The molecule has 0 saturated carbocycles. The van der Waals surface area contributed by atoms with Gasteiger partial charge >= 0.3 is 11.3 Å². The van der Waals surface area contributed by atoms with Gasteiger partial charge in [0.2, 0.25) is 15.7 Å². The molecule has 1 atom stereocenters. The Hall–Kier alpha value is -2.49. The van der Waals surface area contributed by atoms with Crippen molar-refractivity contribution in [2.75, 3.05) is 0 Å². The van der Waals surface area contributed by atoms with E-state index < -0.39 is 44.4 Å². The molecule has 0 spiro atoms. The topological polar surface area (TPSA) is 111 Å². The summed E-state index contributed by atoms with van der Waals surface area (Å²) in [6.07, 6.45) is -0.694. The lowest BCUT2D eigenvalue weighted by atomic mass is 10.1. The number of carbonyl (C=O) groups is 1. The maximum atomic E-state index is 13.8. The van der Waals surface area contributed by atoms with E-state index in [1.165, 1.54) is 24.3 Å². The molecule has 10 heteroatoms. The standard InChI is InChI=1S/C18H24FN3O5S/c1-11(2)14(20-16(23)27-18(3,4)5)15-21-22-17(26-15)28(24,25)10-12-8-6-7-9-13(12)19/h6-9,11,14H,10H2,1-5H3,(H,20,23). The first-order chi connectivity index (χ1) is 12.9. The van der Waals surface area contributed by atoms with Crippen LogP contribution in [0.5, 0.6) is 0 Å². The molecule has 0 saturated heterocycles. The number of hydrogen-bond donors (Lipinski definition) is 1. The highest BCUT2D eigenvalue weighted by atomic mass is 32.2. The minimum Gasteiger partial charge on any atom is -0.444 e. The summed E-state index contributed by atoms with van der Waals surface area (Å²) in [6.45, 7) is 8.74. The van der Waals surface area contributed by atoms with Crippen molar-refractivity contribution in [2.45, 2.75) is 57.2 Å². The lowest BCUT2D eigenvalue weighted by Crippen LogP contribution is -2.37. The van der Waals surface area contributed by atoms with Crippen LogP contribution in [0.4, 0.5) is 9.18 Å². The number of benzene rings is 1. The van der Waals surface area contributed by atoms with E-state index in [0.717, 1.165) is 0 Å². The highest BCUT2D eigenvalue weighted by molar-refractivity contribution is 7.90. The summed E-state index contributed by atoms with van der Waals surface area (Å²) in [4.78, 5) is 12.0. The van der Waals surface area contributed by atoms with Crippen LogP contribution in [0.2, 0.25) is 0 Å². The molecule has 1 N–H and O–H groups in total. The lowest BCUT2D eigenvalue weighted by molar-refractivity contribution is 0.0477. The summed E-state index contributed by atoms with van der Waals surface area (Å²) in [5.41, 5.74) is -0.705. The number of carbonyl (C=O) groups excluding carboxylic acids is 1. The zero-order valence-corrected chi connectivity index (χ0v) is 17.2. The SMILES string of the molecule is CC(C)C(NC(=O)OC(C)(C)C)c1nnc(S(=O)(=O)Cc2ccccc2F)o1. The zero-order chi connectivity index (χ0) is 21.1. The largest absolute Gasteiger partial charge is 0.444 e. The average Bonchev–Trinajstić information content (AvgIpc) is 3.03. The van der Waals surface area contributed by atoms with E-state index in [0.29, 0.717) is 0 Å². The number of nitrogens with zero attached hydrogens (tertiary/aromatic N) is 2. The van der Waals surface area contributed by atoms with Crippen molar-refractivity contribution in [3.05, 3.63) is 41.5 Å². The minimum atomic E-state index is -4.06. The zero-order valence-electron chi connectivity index (χ0n) is 16.4. The Morgan fingerprint density at radius 3 is 2.46 bits per heavy atom. The van der Waals surface area contributed by atoms with Crippen LogP contribution in [0.25, 0.3) is 0 Å².